The van der Waals surface area contributed by atoms with Crippen molar-refractivity contribution in [1.29, 1.82) is 0 Å². The second-order valence-electron chi connectivity index (χ2n) is 3.92. The van der Waals surface area contributed by atoms with Crippen LogP contribution in [0.25, 0.3) is 0 Å². The summed E-state index contributed by atoms with van der Waals surface area (Å²) in [6, 6.07) is 12.5. The molecule has 0 spiro atoms. The van der Waals surface area contributed by atoms with Gasteiger partial charge >= 0.3 is 0 Å². The molecule has 0 saturated heterocycles. The number of hydrogen-bond donors (Lipinski definition) is 0. The van der Waals surface area contributed by atoms with E-state index in [4.69, 9.17) is 0 Å². The first-order chi connectivity index (χ1) is 8.81. The highest BCUT2D eigenvalue weighted by Gasteiger charge is 2.09. The van der Waals surface area contributed by atoms with E-state index in [9.17, 15) is 0 Å². The first-order valence-electron chi connectivity index (χ1n) is 5.75. The van der Waals surface area contributed by atoms with Crippen LogP contribution in [0, 0.1) is 0 Å². The summed E-state index contributed by atoms with van der Waals surface area (Å²) in [4.78, 5) is 6.44. The smallest absolute Gasteiger partial charge is 0.0592 e. The molecule has 1 heterocycles. The Balaban J connectivity index is 2.21. The van der Waals surface area contributed by atoms with Gasteiger partial charge in [0.2, 0.25) is 0 Å². The Morgan fingerprint density at radius 3 is 2.56 bits per heavy atom. The van der Waals surface area contributed by atoms with Gasteiger partial charge in [0, 0.05) is 30.8 Å². The summed E-state index contributed by atoms with van der Waals surface area (Å²) in [7, 11) is 0. The van der Waals surface area contributed by atoms with Gasteiger partial charge in [-0.2, -0.15) is 0 Å². The van der Waals surface area contributed by atoms with Crippen molar-refractivity contribution in [3.05, 3.63) is 58.8 Å². The Hall–Kier alpha value is -0.870. The van der Waals surface area contributed by atoms with Crippen LogP contribution >= 0.6 is 31.9 Å². The van der Waals surface area contributed by atoms with Gasteiger partial charge in [0.15, 0.2) is 0 Å². The number of pyridine rings is 1. The van der Waals surface area contributed by atoms with Crippen molar-refractivity contribution in [2.24, 2.45) is 0 Å². The van der Waals surface area contributed by atoms with Gasteiger partial charge in [-0.25, -0.2) is 0 Å². The van der Waals surface area contributed by atoms with E-state index in [1.807, 2.05) is 24.5 Å². The van der Waals surface area contributed by atoms with Crippen LogP contribution in [0.2, 0.25) is 0 Å². The first-order valence-corrected chi connectivity index (χ1v) is 7.67. The zero-order valence-electron chi connectivity index (χ0n) is 9.89. The van der Waals surface area contributed by atoms with Crippen molar-refractivity contribution in [3.8, 4) is 0 Å². The molecule has 0 N–H and O–H groups in total. The van der Waals surface area contributed by atoms with E-state index in [0.717, 1.165) is 22.9 Å². The largest absolute Gasteiger partial charge is 0.365 e. The Morgan fingerprint density at radius 1 is 1.11 bits per heavy atom. The average Bonchev–Trinajstić information content (AvgIpc) is 2.40. The lowest BCUT2D eigenvalue weighted by Crippen LogP contribution is -2.25. The lowest BCUT2D eigenvalue weighted by molar-refractivity contribution is 0.836. The highest BCUT2D eigenvalue weighted by Crippen LogP contribution is 2.26. The molecule has 0 unspecified atom stereocenters. The Kier molecular flexibility index (Phi) is 5.20. The van der Waals surface area contributed by atoms with E-state index >= 15 is 0 Å². The molecule has 18 heavy (non-hydrogen) atoms. The molecule has 4 heteroatoms. The topological polar surface area (TPSA) is 16.1 Å². The summed E-state index contributed by atoms with van der Waals surface area (Å²) in [6.45, 7) is 1.85. The number of benzene rings is 1. The van der Waals surface area contributed by atoms with Crippen molar-refractivity contribution < 1.29 is 0 Å². The molecule has 0 aliphatic rings. The molecule has 0 saturated carbocycles. The summed E-state index contributed by atoms with van der Waals surface area (Å²) in [5, 5.41) is 0.939. The minimum atomic E-state index is 0.898. The monoisotopic (exact) mass is 368 g/mol. The number of halogens is 2. The van der Waals surface area contributed by atoms with Crippen LogP contribution in [0.5, 0.6) is 0 Å². The zero-order valence-corrected chi connectivity index (χ0v) is 13.1. The number of alkyl halides is 1. The van der Waals surface area contributed by atoms with Crippen LogP contribution in [0.4, 0.5) is 5.69 Å². The van der Waals surface area contributed by atoms with Crippen LogP contribution in [0.1, 0.15) is 5.56 Å². The van der Waals surface area contributed by atoms with E-state index < -0.39 is 0 Å². The Bertz CT molecular complexity index is 488. The Morgan fingerprint density at radius 2 is 1.89 bits per heavy atom. The third-order valence-electron chi connectivity index (χ3n) is 2.66. The first kappa shape index (κ1) is 13.6. The molecular weight excluding hydrogens is 356 g/mol. The summed E-state index contributed by atoms with van der Waals surface area (Å²) >= 11 is 7.07. The fraction of sp³-hybridized carbons (Fsp3) is 0.214. The quantitative estimate of drug-likeness (QED) is 0.732. The fourth-order valence-electron chi connectivity index (χ4n) is 1.81. The van der Waals surface area contributed by atoms with Gasteiger partial charge in [0.1, 0.15) is 0 Å². The van der Waals surface area contributed by atoms with Gasteiger partial charge in [-0.05, 0) is 27.6 Å². The molecule has 1 aromatic heterocycles. The highest BCUT2D eigenvalue weighted by molar-refractivity contribution is 9.10. The summed E-state index contributed by atoms with van der Waals surface area (Å²) < 4.78 is 1.03. The van der Waals surface area contributed by atoms with Crippen LogP contribution in [-0.2, 0) is 6.54 Å². The minimum absolute atomic E-state index is 0.898. The second-order valence-corrected chi connectivity index (χ2v) is 5.57. The minimum Gasteiger partial charge on any atom is -0.365 e. The molecule has 0 amide bonds. The highest BCUT2D eigenvalue weighted by atomic mass is 79.9. The van der Waals surface area contributed by atoms with Gasteiger partial charge in [-0.3, -0.25) is 4.98 Å². The SMILES string of the molecule is BrCCN(Cc1ccccc1)c1ccncc1Br. The summed E-state index contributed by atoms with van der Waals surface area (Å²) in [5.41, 5.74) is 2.48. The van der Waals surface area contributed by atoms with Crippen molar-refractivity contribution in [3.63, 3.8) is 0 Å². The molecule has 94 valence electrons. The van der Waals surface area contributed by atoms with Crippen LogP contribution in [0.3, 0.4) is 0 Å². The van der Waals surface area contributed by atoms with Gasteiger partial charge in [-0.1, -0.05) is 46.3 Å². The summed E-state index contributed by atoms with van der Waals surface area (Å²) in [5.74, 6) is 0. The number of rotatable bonds is 5. The molecule has 0 aliphatic heterocycles. The fourth-order valence-corrected chi connectivity index (χ4v) is 2.74. The standard InChI is InChI=1S/C14H14Br2N2/c15-7-9-18(11-12-4-2-1-3-5-12)14-6-8-17-10-13(14)16/h1-6,8,10H,7,9,11H2. The van der Waals surface area contributed by atoms with Crippen molar-refractivity contribution in [1.82, 2.24) is 4.98 Å². The second kappa shape index (κ2) is 6.90. The van der Waals surface area contributed by atoms with Gasteiger partial charge in [0.05, 0.1) is 10.2 Å². The predicted octanol–water partition coefficient (Wildman–Crippen LogP) is 4.25. The molecule has 0 bridgehead atoms. The van der Waals surface area contributed by atoms with Gasteiger partial charge in [0.25, 0.3) is 0 Å². The Labute approximate surface area is 124 Å². The van der Waals surface area contributed by atoms with E-state index in [0.29, 0.717) is 0 Å². The molecule has 2 rings (SSSR count). The van der Waals surface area contributed by atoms with E-state index in [-0.39, 0.29) is 0 Å². The van der Waals surface area contributed by atoms with E-state index in [1.165, 1.54) is 11.3 Å². The van der Waals surface area contributed by atoms with Crippen LogP contribution in [0.15, 0.2) is 53.3 Å². The lowest BCUT2D eigenvalue weighted by atomic mass is 10.2. The van der Waals surface area contributed by atoms with Crippen molar-refractivity contribution >= 4 is 37.5 Å². The molecule has 2 aromatic rings. The third-order valence-corrected chi connectivity index (χ3v) is 3.63. The maximum absolute atomic E-state index is 4.11. The molecule has 0 radical (unpaired) electrons. The van der Waals surface area contributed by atoms with Crippen LogP contribution < -0.4 is 4.90 Å². The maximum atomic E-state index is 4.11. The molecule has 0 fully saturated rings. The molecular formula is C14H14Br2N2. The van der Waals surface area contributed by atoms with Crippen molar-refractivity contribution in [2.75, 3.05) is 16.8 Å². The van der Waals surface area contributed by atoms with Gasteiger partial charge in [-0.15, -0.1) is 0 Å². The van der Waals surface area contributed by atoms with Gasteiger partial charge < -0.3 is 4.90 Å². The van der Waals surface area contributed by atoms with E-state index in [1.54, 1.807) is 0 Å². The number of anilines is 1. The molecule has 0 atom stereocenters. The number of aromatic nitrogens is 1. The predicted molar refractivity (Wildman–Crippen MR) is 83.2 cm³/mol. The number of hydrogen-bond acceptors (Lipinski definition) is 2. The molecule has 0 aliphatic carbocycles. The summed E-state index contributed by atoms with van der Waals surface area (Å²) in [6.07, 6.45) is 3.66. The third kappa shape index (κ3) is 3.56. The normalized spacial score (nSPS) is 10.3. The lowest BCUT2D eigenvalue weighted by Gasteiger charge is -2.25. The molecule has 2 nitrogen and oxygen atoms in total. The maximum Gasteiger partial charge on any atom is 0.0592 e. The van der Waals surface area contributed by atoms with E-state index in [2.05, 4.69) is 66.0 Å². The molecule has 1 aromatic carbocycles. The zero-order chi connectivity index (χ0) is 12.8. The van der Waals surface area contributed by atoms with Crippen LogP contribution in [-0.4, -0.2) is 16.9 Å². The number of nitrogens with zero attached hydrogens (tertiary/aromatic N) is 2. The van der Waals surface area contributed by atoms with Crippen molar-refractivity contribution in [2.45, 2.75) is 6.54 Å². The average molecular weight is 370 g/mol.